The smallest absolute Gasteiger partial charge is 0.333 e. The highest BCUT2D eigenvalue weighted by Gasteiger charge is 2.26. The van der Waals surface area contributed by atoms with Gasteiger partial charge in [0.25, 0.3) is 0 Å². The first kappa shape index (κ1) is 26.3. The molecule has 0 N–H and O–H groups in total. The van der Waals surface area contributed by atoms with Gasteiger partial charge >= 0.3 is 11.9 Å². The molecule has 6 nitrogen and oxygen atoms in total. The van der Waals surface area contributed by atoms with Crippen LogP contribution >= 0.6 is 0 Å². The maximum Gasteiger partial charge on any atom is 0.333 e. The maximum atomic E-state index is 11.9. The van der Waals surface area contributed by atoms with Crippen LogP contribution in [0.15, 0.2) is 42.5 Å². The van der Waals surface area contributed by atoms with Crippen LogP contribution in [0.5, 0.6) is 11.5 Å². The first-order valence-electron chi connectivity index (χ1n) is 12.2. The number of aryl methyl sites for hydroxylation is 1. The second kappa shape index (κ2) is 11.4. The molecule has 1 aliphatic rings. The number of rotatable bonds is 10. The van der Waals surface area contributed by atoms with Gasteiger partial charge in [-0.15, -0.1) is 0 Å². The molecule has 0 saturated heterocycles. The molecule has 2 aromatic rings. The minimum absolute atomic E-state index is 0.239. The third-order valence-electron chi connectivity index (χ3n) is 6.00. The monoisotopic (exact) mass is 480 g/mol. The lowest BCUT2D eigenvalue weighted by Gasteiger charge is -2.27. The van der Waals surface area contributed by atoms with Gasteiger partial charge in [0.15, 0.2) is 0 Å². The van der Waals surface area contributed by atoms with E-state index in [0.29, 0.717) is 11.1 Å². The summed E-state index contributed by atoms with van der Waals surface area (Å²) in [5.74, 6) is 0.814. The molecule has 2 unspecified atom stereocenters. The van der Waals surface area contributed by atoms with Gasteiger partial charge in [-0.1, -0.05) is 31.4 Å². The van der Waals surface area contributed by atoms with Crippen molar-refractivity contribution in [3.8, 4) is 11.5 Å². The van der Waals surface area contributed by atoms with Crippen LogP contribution in [-0.4, -0.2) is 37.4 Å². The number of carbonyl (C=O) groups is 2. The summed E-state index contributed by atoms with van der Waals surface area (Å²) in [6, 6.07) is 6.09. The van der Waals surface area contributed by atoms with Gasteiger partial charge < -0.3 is 18.9 Å². The average molecular weight is 481 g/mol. The Morgan fingerprint density at radius 2 is 1.34 bits per heavy atom. The predicted molar refractivity (Wildman–Crippen MR) is 137 cm³/mol. The standard InChI is InChI=1S/C29H36O6/c1-17(2)28(30)34-20(6)15-32-26-22-12-8-9-13-23(22)27(25-19(5)11-10-14-24(25)26)33-16-21(7)35-29(31)18(3)4/h10-11,14,20-21H,1,3,8-9,12-13,15-16H2,2,4-7H3. The van der Waals surface area contributed by atoms with Gasteiger partial charge in [-0.2, -0.15) is 0 Å². The van der Waals surface area contributed by atoms with E-state index in [9.17, 15) is 9.59 Å². The molecule has 188 valence electrons. The number of ether oxygens (including phenoxy) is 4. The second-order valence-corrected chi connectivity index (χ2v) is 9.43. The van der Waals surface area contributed by atoms with Crippen molar-refractivity contribution in [3.05, 3.63) is 59.2 Å². The molecule has 0 radical (unpaired) electrons. The summed E-state index contributed by atoms with van der Waals surface area (Å²) in [5.41, 5.74) is 4.07. The van der Waals surface area contributed by atoms with E-state index in [2.05, 4.69) is 26.1 Å². The lowest BCUT2D eigenvalue weighted by molar-refractivity contribution is -0.145. The van der Waals surface area contributed by atoms with Gasteiger partial charge in [0, 0.05) is 33.0 Å². The average Bonchev–Trinajstić information content (AvgIpc) is 2.81. The fraction of sp³-hybridized carbons (Fsp3) is 0.448. The summed E-state index contributed by atoms with van der Waals surface area (Å²) in [4.78, 5) is 23.8. The normalized spacial score (nSPS) is 14.4. The zero-order valence-corrected chi connectivity index (χ0v) is 21.5. The number of esters is 2. The van der Waals surface area contributed by atoms with E-state index < -0.39 is 24.1 Å². The van der Waals surface area contributed by atoms with E-state index >= 15 is 0 Å². The van der Waals surface area contributed by atoms with Crippen LogP contribution in [-0.2, 0) is 31.9 Å². The number of benzene rings is 2. The lowest BCUT2D eigenvalue weighted by atomic mass is 9.86. The van der Waals surface area contributed by atoms with Crippen LogP contribution in [0.1, 0.15) is 57.2 Å². The minimum atomic E-state index is -0.422. The van der Waals surface area contributed by atoms with Crippen molar-refractivity contribution in [1.29, 1.82) is 0 Å². The first-order chi connectivity index (χ1) is 16.6. The predicted octanol–water partition coefficient (Wildman–Crippen LogP) is 5.80. The van der Waals surface area contributed by atoms with E-state index in [0.717, 1.165) is 64.6 Å². The maximum absolute atomic E-state index is 11.9. The van der Waals surface area contributed by atoms with E-state index in [1.165, 1.54) is 0 Å². The highest BCUT2D eigenvalue weighted by Crippen LogP contribution is 2.45. The van der Waals surface area contributed by atoms with Crippen molar-refractivity contribution < 1.29 is 28.5 Å². The molecule has 0 spiro atoms. The summed E-state index contributed by atoms with van der Waals surface area (Å²) in [7, 11) is 0. The van der Waals surface area contributed by atoms with Crippen LogP contribution in [0.3, 0.4) is 0 Å². The summed E-state index contributed by atoms with van der Waals surface area (Å²) >= 11 is 0. The van der Waals surface area contributed by atoms with E-state index in [4.69, 9.17) is 18.9 Å². The fourth-order valence-electron chi connectivity index (χ4n) is 4.24. The molecule has 6 heteroatoms. The molecule has 0 aliphatic heterocycles. The molecule has 2 atom stereocenters. The number of hydrogen-bond acceptors (Lipinski definition) is 6. The zero-order valence-electron chi connectivity index (χ0n) is 21.5. The summed E-state index contributed by atoms with van der Waals surface area (Å²) in [6.07, 6.45) is 3.05. The Labute approximate surface area is 207 Å². The van der Waals surface area contributed by atoms with Gasteiger partial charge in [0.05, 0.1) is 0 Å². The molecule has 1 aliphatic carbocycles. The van der Waals surface area contributed by atoms with E-state index in [1.807, 2.05) is 26.0 Å². The van der Waals surface area contributed by atoms with Crippen molar-refractivity contribution in [2.45, 2.75) is 72.5 Å². The molecule has 0 aromatic heterocycles. The van der Waals surface area contributed by atoms with Gasteiger partial charge in [-0.3, -0.25) is 0 Å². The SMILES string of the molecule is C=C(C)C(=O)OC(C)COc1c2c(c(OCC(C)OC(=O)C(=C)C)c3c(C)cccc13)CCCC2. The van der Waals surface area contributed by atoms with Crippen LogP contribution in [0.4, 0.5) is 0 Å². The van der Waals surface area contributed by atoms with Crippen molar-refractivity contribution in [1.82, 2.24) is 0 Å². The van der Waals surface area contributed by atoms with Crippen molar-refractivity contribution >= 4 is 22.7 Å². The molecular formula is C29H36O6. The van der Waals surface area contributed by atoms with Crippen LogP contribution in [0.2, 0.25) is 0 Å². The Balaban J connectivity index is 1.95. The molecular weight excluding hydrogens is 444 g/mol. The molecule has 3 rings (SSSR count). The van der Waals surface area contributed by atoms with Crippen LogP contribution < -0.4 is 9.47 Å². The second-order valence-electron chi connectivity index (χ2n) is 9.43. The Bertz CT molecular complexity index is 1150. The molecule has 0 bridgehead atoms. The minimum Gasteiger partial charge on any atom is -0.489 e. The molecule has 2 aromatic carbocycles. The van der Waals surface area contributed by atoms with Gasteiger partial charge in [0.2, 0.25) is 0 Å². The summed E-state index contributed by atoms with van der Waals surface area (Å²) in [6.45, 7) is 16.7. The van der Waals surface area contributed by atoms with Gasteiger partial charge in [-0.05, 0) is 65.9 Å². The van der Waals surface area contributed by atoms with Crippen molar-refractivity contribution in [2.75, 3.05) is 13.2 Å². The highest BCUT2D eigenvalue weighted by molar-refractivity contribution is 5.98. The number of fused-ring (bicyclic) bond motifs is 2. The number of hydrogen-bond donors (Lipinski definition) is 0. The number of carbonyl (C=O) groups excluding carboxylic acids is 2. The first-order valence-corrected chi connectivity index (χ1v) is 12.2. The highest BCUT2D eigenvalue weighted by atomic mass is 16.6. The van der Waals surface area contributed by atoms with E-state index in [1.54, 1.807) is 13.8 Å². The third-order valence-corrected chi connectivity index (χ3v) is 6.00. The Morgan fingerprint density at radius 3 is 1.86 bits per heavy atom. The molecule has 0 heterocycles. The van der Waals surface area contributed by atoms with Crippen LogP contribution in [0.25, 0.3) is 10.8 Å². The quantitative estimate of drug-likeness (QED) is 0.316. The van der Waals surface area contributed by atoms with Crippen molar-refractivity contribution in [2.24, 2.45) is 0 Å². The molecule has 0 amide bonds. The largest absolute Gasteiger partial charge is 0.489 e. The van der Waals surface area contributed by atoms with E-state index in [-0.39, 0.29) is 13.2 Å². The molecule has 0 saturated carbocycles. The van der Waals surface area contributed by atoms with Crippen molar-refractivity contribution in [3.63, 3.8) is 0 Å². The lowest BCUT2D eigenvalue weighted by Crippen LogP contribution is -2.24. The van der Waals surface area contributed by atoms with Gasteiger partial charge in [0.1, 0.15) is 36.9 Å². The van der Waals surface area contributed by atoms with Gasteiger partial charge in [-0.25, -0.2) is 9.59 Å². The fourth-order valence-corrected chi connectivity index (χ4v) is 4.24. The summed E-state index contributed by atoms with van der Waals surface area (Å²) < 4.78 is 23.5. The topological polar surface area (TPSA) is 71.1 Å². The van der Waals surface area contributed by atoms with Crippen LogP contribution in [0, 0.1) is 6.92 Å². The Hall–Kier alpha value is -3.28. The molecule has 35 heavy (non-hydrogen) atoms. The third kappa shape index (κ3) is 6.24. The summed E-state index contributed by atoms with van der Waals surface area (Å²) in [5, 5.41) is 1.96. The Morgan fingerprint density at radius 1 is 0.857 bits per heavy atom. The zero-order chi connectivity index (χ0) is 25.7. The Kier molecular flexibility index (Phi) is 8.60. The molecule has 0 fully saturated rings.